The smallest absolute Gasteiger partial charge is 0.169 e. The van der Waals surface area contributed by atoms with Crippen LogP contribution in [0.4, 0.5) is 5.69 Å². The molecule has 0 radical (unpaired) electrons. The van der Waals surface area contributed by atoms with Gasteiger partial charge in [-0.15, -0.1) is 12.6 Å². The molecule has 0 unspecified atom stereocenters. The van der Waals surface area contributed by atoms with E-state index in [1.54, 1.807) is 19.4 Å². The number of benzene rings is 2. The van der Waals surface area contributed by atoms with Crippen molar-refractivity contribution >= 4 is 18.3 Å². The van der Waals surface area contributed by atoms with Crippen molar-refractivity contribution < 1.29 is 14.9 Å². The van der Waals surface area contributed by atoms with Crippen LogP contribution in [-0.4, -0.2) is 40.0 Å². The molecule has 0 fully saturated rings. The lowest BCUT2D eigenvalue weighted by Gasteiger charge is -2.24. The molecule has 0 atom stereocenters. The Morgan fingerprint density at radius 3 is 2.41 bits per heavy atom. The summed E-state index contributed by atoms with van der Waals surface area (Å²) in [4.78, 5) is 6.57. The van der Waals surface area contributed by atoms with E-state index in [4.69, 9.17) is 4.74 Å². The molecule has 29 heavy (non-hydrogen) atoms. The fourth-order valence-electron chi connectivity index (χ4n) is 3.53. The van der Waals surface area contributed by atoms with Crippen LogP contribution < -0.4 is 9.64 Å². The minimum absolute atomic E-state index is 0.00772. The van der Waals surface area contributed by atoms with Gasteiger partial charge in [0.25, 0.3) is 0 Å². The van der Waals surface area contributed by atoms with E-state index in [2.05, 4.69) is 36.4 Å². The normalized spacial score (nSPS) is 10.9. The summed E-state index contributed by atoms with van der Waals surface area (Å²) in [5.74, 6) is 0.867. The number of hydrogen-bond acceptors (Lipinski definition) is 6. The number of aromatic hydroxyl groups is 2. The largest absolute Gasteiger partial charge is 0.508 e. The Morgan fingerprint density at radius 1 is 1.07 bits per heavy atom. The van der Waals surface area contributed by atoms with E-state index in [0.29, 0.717) is 22.8 Å². The topological polar surface area (TPSA) is 70.8 Å². The quantitative estimate of drug-likeness (QED) is 0.492. The Hall–Kier alpha value is -2.80. The van der Waals surface area contributed by atoms with Gasteiger partial charge in [-0.25, -0.2) is 4.98 Å². The van der Waals surface area contributed by atoms with Gasteiger partial charge < -0.3 is 19.8 Å². The maximum Gasteiger partial charge on any atom is 0.169 e. The Labute approximate surface area is 176 Å². The van der Waals surface area contributed by atoms with Crippen molar-refractivity contribution in [1.29, 1.82) is 0 Å². The van der Waals surface area contributed by atoms with Gasteiger partial charge >= 0.3 is 0 Å². The fourth-order valence-corrected chi connectivity index (χ4v) is 3.81. The second-order valence-electron chi connectivity index (χ2n) is 6.66. The maximum atomic E-state index is 10.5. The highest BCUT2D eigenvalue weighted by atomic mass is 32.1. The maximum absolute atomic E-state index is 10.5. The number of thiol groups is 1. The van der Waals surface area contributed by atoms with Crippen molar-refractivity contribution in [2.45, 2.75) is 32.3 Å². The summed E-state index contributed by atoms with van der Waals surface area (Å²) in [7, 11) is 1.66. The van der Waals surface area contributed by atoms with Gasteiger partial charge in [-0.05, 0) is 50.1 Å². The number of nitrogens with zero attached hydrogens (tertiary/aromatic N) is 3. The van der Waals surface area contributed by atoms with E-state index < -0.39 is 0 Å². The van der Waals surface area contributed by atoms with Crippen LogP contribution >= 0.6 is 12.6 Å². The molecule has 0 aliphatic rings. The molecule has 0 spiro atoms. The van der Waals surface area contributed by atoms with Crippen LogP contribution in [0.3, 0.4) is 0 Å². The van der Waals surface area contributed by atoms with Crippen molar-refractivity contribution in [3.63, 3.8) is 0 Å². The van der Waals surface area contributed by atoms with E-state index in [0.717, 1.165) is 35.8 Å². The minimum Gasteiger partial charge on any atom is -0.508 e. The van der Waals surface area contributed by atoms with Crippen LogP contribution in [0.2, 0.25) is 0 Å². The first kappa shape index (κ1) is 20.9. The molecule has 0 saturated heterocycles. The van der Waals surface area contributed by atoms with Crippen LogP contribution in [0.5, 0.6) is 17.2 Å². The number of methoxy groups -OCH3 is 1. The fraction of sp³-hybridized carbons (Fsp3) is 0.318. The third-order valence-corrected chi connectivity index (χ3v) is 5.44. The third-order valence-electron chi connectivity index (χ3n) is 5.12. The number of imidazole rings is 1. The molecule has 0 saturated carbocycles. The standard InChI is InChI=1S/C22H27N3O3S/c1-5-14-10-16(20(27)12-19(14)26)18-13-23-22(29)25(18)15-8-9-21(28-4)17(11-15)24(6-2)7-3/h8-13,26-27H,5-7H2,1-4H3,(H,23,29). The third kappa shape index (κ3) is 3.87. The lowest BCUT2D eigenvalue weighted by molar-refractivity contribution is 0.414. The van der Waals surface area contributed by atoms with Gasteiger partial charge in [0.15, 0.2) is 5.16 Å². The highest BCUT2D eigenvalue weighted by Crippen LogP contribution is 2.38. The molecular weight excluding hydrogens is 386 g/mol. The zero-order valence-electron chi connectivity index (χ0n) is 17.2. The molecule has 0 aliphatic carbocycles. The molecule has 3 rings (SSSR count). The van der Waals surface area contributed by atoms with Gasteiger partial charge in [0, 0.05) is 24.7 Å². The zero-order chi connectivity index (χ0) is 21.1. The monoisotopic (exact) mass is 413 g/mol. The van der Waals surface area contributed by atoms with E-state index in [1.165, 1.54) is 6.07 Å². The molecule has 154 valence electrons. The number of ether oxygens (including phenoxy) is 1. The van der Waals surface area contributed by atoms with E-state index in [-0.39, 0.29) is 11.5 Å². The van der Waals surface area contributed by atoms with Crippen LogP contribution in [0.15, 0.2) is 41.7 Å². The summed E-state index contributed by atoms with van der Waals surface area (Å²) in [6, 6.07) is 9.07. The van der Waals surface area contributed by atoms with Crippen molar-refractivity contribution in [3.8, 4) is 34.2 Å². The Morgan fingerprint density at radius 2 is 1.79 bits per heavy atom. The molecule has 0 aliphatic heterocycles. The van der Waals surface area contributed by atoms with Gasteiger partial charge in [-0.2, -0.15) is 0 Å². The SMILES string of the molecule is CCc1cc(-c2cnc(S)n2-c2ccc(OC)c(N(CC)CC)c2)c(O)cc1O. The van der Waals surface area contributed by atoms with E-state index in [1.807, 2.05) is 29.7 Å². The number of rotatable bonds is 7. The van der Waals surface area contributed by atoms with Crippen molar-refractivity contribution in [1.82, 2.24) is 9.55 Å². The van der Waals surface area contributed by atoms with Gasteiger partial charge in [0.05, 0.1) is 30.4 Å². The molecule has 1 aromatic heterocycles. The lowest BCUT2D eigenvalue weighted by Crippen LogP contribution is -2.22. The summed E-state index contributed by atoms with van der Waals surface area (Å²) in [5, 5.41) is 21.0. The Bertz CT molecular complexity index is 1010. The van der Waals surface area contributed by atoms with Crippen LogP contribution in [0.1, 0.15) is 26.3 Å². The average Bonchev–Trinajstić information content (AvgIpc) is 3.10. The highest BCUT2D eigenvalue weighted by Gasteiger charge is 2.19. The minimum atomic E-state index is -0.00772. The van der Waals surface area contributed by atoms with E-state index >= 15 is 0 Å². The number of aromatic nitrogens is 2. The molecule has 0 amide bonds. The number of phenols is 2. The number of hydrogen-bond donors (Lipinski definition) is 3. The zero-order valence-corrected chi connectivity index (χ0v) is 18.1. The summed E-state index contributed by atoms with van der Waals surface area (Å²) in [6.07, 6.45) is 2.32. The van der Waals surface area contributed by atoms with Gasteiger partial charge in [0.2, 0.25) is 0 Å². The molecule has 3 aromatic rings. The average molecular weight is 414 g/mol. The second kappa shape index (κ2) is 8.69. The van der Waals surface area contributed by atoms with Crippen molar-refractivity contribution in [2.75, 3.05) is 25.1 Å². The molecular formula is C22H27N3O3S. The first-order chi connectivity index (χ1) is 13.9. The number of anilines is 1. The molecule has 6 nitrogen and oxygen atoms in total. The summed E-state index contributed by atoms with van der Waals surface area (Å²) >= 11 is 4.54. The summed E-state index contributed by atoms with van der Waals surface area (Å²) in [6.45, 7) is 7.85. The van der Waals surface area contributed by atoms with Gasteiger partial charge in [-0.1, -0.05) is 6.92 Å². The van der Waals surface area contributed by atoms with E-state index in [9.17, 15) is 10.2 Å². The second-order valence-corrected chi connectivity index (χ2v) is 7.06. The summed E-state index contributed by atoms with van der Waals surface area (Å²) < 4.78 is 7.43. The number of aryl methyl sites for hydroxylation is 1. The van der Waals surface area contributed by atoms with Crippen molar-refractivity contribution in [3.05, 3.63) is 42.1 Å². The predicted molar refractivity (Wildman–Crippen MR) is 119 cm³/mol. The molecule has 0 bridgehead atoms. The van der Waals surface area contributed by atoms with Crippen LogP contribution in [-0.2, 0) is 6.42 Å². The van der Waals surface area contributed by atoms with Gasteiger partial charge in [-0.3, -0.25) is 4.57 Å². The first-order valence-corrected chi connectivity index (χ1v) is 10.1. The Kier molecular flexibility index (Phi) is 6.27. The first-order valence-electron chi connectivity index (χ1n) is 9.70. The molecule has 2 N–H and O–H groups in total. The van der Waals surface area contributed by atoms with Crippen LogP contribution in [0, 0.1) is 0 Å². The lowest BCUT2D eigenvalue weighted by atomic mass is 10.0. The molecule has 7 heteroatoms. The molecule has 1 heterocycles. The molecule has 2 aromatic carbocycles. The number of phenolic OH excluding ortho intramolecular Hbond substituents is 2. The van der Waals surface area contributed by atoms with Crippen molar-refractivity contribution in [2.24, 2.45) is 0 Å². The van der Waals surface area contributed by atoms with Crippen LogP contribution in [0.25, 0.3) is 16.9 Å². The van der Waals surface area contributed by atoms with Gasteiger partial charge in [0.1, 0.15) is 17.2 Å². The summed E-state index contributed by atoms with van der Waals surface area (Å²) in [5.41, 5.74) is 3.87. The Balaban J connectivity index is 2.20. The highest BCUT2D eigenvalue weighted by molar-refractivity contribution is 7.80. The predicted octanol–water partition coefficient (Wildman–Crippen LogP) is 4.66.